The molecule has 2 aromatic rings. The highest BCUT2D eigenvalue weighted by atomic mass is 19.1. The van der Waals surface area contributed by atoms with Crippen LogP contribution in [0.15, 0.2) is 54.6 Å². The zero-order chi connectivity index (χ0) is 16.7. The first-order chi connectivity index (χ1) is 11.1. The molecule has 0 aliphatic rings. The maximum absolute atomic E-state index is 13.6. The van der Waals surface area contributed by atoms with E-state index in [0.29, 0.717) is 12.8 Å². The lowest BCUT2D eigenvalue weighted by Gasteiger charge is -2.15. The van der Waals surface area contributed by atoms with Crippen LogP contribution in [0.4, 0.5) is 4.39 Å². The number of hydrogen-bond donors (Lipinski definition) is 2. The maximum atomic E-state index is 13.6. The third-order valence-corrected chi connectivity index (χ3v) is 3.57. The van der Waals surface area contributed by atoms with E-state index >= 15 is 0 Å². The summed E-state index contributed by atoms with van der Waals surface area (Å²) >= 11 is 0. The van der Waals surface area contributed by atoms with Crippen LogP contribution in [0.1, 0.15) is 28.8 Å². The second kappa shape index (κ2) is 8.08. The maximum Gasteiger partial charge on any atom is 0.254 e. The van der Waals surface area contributed by atoms with Gasteiger partial charge in [0, 0.05) is 0 Å². The Hall–Kier alpha value is -2.69. The van der Waals surface area contributed by atoms with Crippen molar-refractivity contribution in [2.45, 2.75) is 25.3 Å². The Bertz CT molecular complexity index is 674. The van der Waals surface area contributed by atoms with Crippen molar-refractivity contribution >= 4 is 11.8 Å². The molecule has 3 N–H and O–H groups in total. The Kier molecular flexibility index (Phi) is 5.86. The molecule has 0 aromatic heterocycles. The van der Waals surface area contributed by atoms with Crippen LogP contribution < -0.4 is 11.1 Å². The predicted octanol–water partition coefficient (Wildman–Crippen LogP) is 2.43. The molecule has 2 aromatic carbocycles. The van der Waals surface area contributed by atoms with E-state index in [-0.39, 0.29) is 5.56 Å². The zero-order valence-corrected chi connectivity index (χ0v) is 12.7. The number of halogens is 1. The van der Waals surface area contributed by atoms with Gasteiger partial charge in [-0.25, -0.2) is 4.39 Å². The second-order valence-electron chi connectivity index (χ2n) is 5.29. The van der Waals surface area contributed by atoms with Crippen LogP contribution in [0.25, 0.3) is 0 Å². The van der Waals surface area contributed by atoms with E-state index in [9.17, 15) is 14.0 Å². The van der Waals surface area contributed by atoms with Gasteiger partial charge in [0.2, 0.25) is 5.91 Å². The van der Waals surface area contributed by atoms with E-state index in [1.165, 1.54) is 18.2 Å². The number of benzene rings is 2. The van der Waals surface area contributed by atoms with Crippen LogP contribution >= 0.6 is 0 Å². The number of aryl methyl sites for hydroxylation is 1. The molecular weight excluding hydrogens is 295 g/mol. The molecule has 0 bridgehead atoms. The SMILES string of the molecule is NC(=O)[C@@H](CCCc1ccccc1)NC(=O)c1ccccc1F. The molecule has 1 atom stereocenters. The molecule has 0 aliphatic carbocycles. The molecule has 0 saturated carbocycles. The summed E-state index contributed by atoms with van der Waals surface area (Å²) in [5.41, 5.74) is 6.39. The standard InChI is InChI=1S/C18H19FN2O2/c19-15-11-5-4-10-14(15)18(23)21-16(17(20)22)12-6-9-13-7-2-1-3-8-13/h1-5,7-8,10-11,16H,6,9,12H2,(H2,20,22)(H,21,23)/t16-/m1/s1. The minimum absolute atomic E-state index is 0.0955. The van der Waals surface area contributed by atoms with Gasteiger partial charge >= 0.3 is 0 Å². The zero-order valence-electron chi connectivity index (χ0n) is 12.7. The summed E-state index contributed by atoms with van der Waals surface area (Å²) in [4.78, 5) is 23.6. The van der Waals surface area contributed by atoms with Crippen LogP contribution in [0, 0.1) is 5.82 Å². The van der Waals surface area contributed by atoms with Gasteiger partial charge in [0.05, 0.1) is 5.56 Å². The van der Waals surface area contributed by atoms with Gasteiger partial charge in [0.1, 0.15) is 11.9 Å². The monoisotopic (exact) mass is 314 g/mol. The number of primary amides is 1. The van der Waals surface area contributed by atoms with Gasteiger partial charge in [-0.3, -0.25) is 9.59 Å². The summed E-state index contributed by atoms with van der Waals surface area (Å²) in [6.07, 6.45) is 1.87. The summed E-state index contributed by atoms with van der Waals surface area (Å²) in [6, 6.07) is 14.6. The number of nitrogens with two attached hydrogens (primary N) is 1. The first-order valence-corrected chi connectivity index (χ1v) is 7.46. The number of carbonyl (C=O) groups excluding carboxylic acids is 2. The summed E-state index contributed by atoms with van der Waals surface area (Å²) in [5, 5.41) is 2.51. The molecule has 2 rings (SSSR count). The largest absolute Gasteiger partial charge is 0.368 e. The van der Waals surface area contributed by atoms with Crippen molar-refractivity contribution in [1.29, 1.82) is 0 Å². The molecular formula is C18H19FN2O2. The molecule has 0 spiro atoms. The van der Waals surface area contributed by atoms with Crippen LogP contribution in [0.2, 0.25) is 0 Å². The molecule has 0 heterocycles. The van der Waals surface area contributed by atoms with Gasteiger partial charge in [-0.1, -0.05) is 42.5 Å². The molecule has 0 aliphatic heterocycles. The van der Waals surface area contributed by atoms with Gasteiger partial charge < -0.3 is 11.1 Å². The van der Waals surface area contributed by atoms with Crippen molar-refractivity contribution in [3.8, 4) is 0 Å². The van der Waals surface area contributed by atoms with Crippen LogP contribution in [0.5, 0.6) is 0 Å². The van der Waals surface area contributed by atoms with Crippen molar-refractivity contribution in [2.75, 3.05) is 0 Å². The molecule has 0 saturated heterocycles. The van der Waals surface area contributed by atoms with E-state index in [2.05, 4.69) is 5.32 Å². The Morgan fingerprint density at radius 3 is 2.35 bits per heavy atom. The smallest absolute Gasteiger partial charge is 0.254 e. The number of amides is 2. The Balaban J connectivity index is 1.92. The average molecular weight is 314 g/mol. The molecule has 120 valence electrons. The Morgan fingerprint density at radius 1 is 1.04 bits per heavy atom. The fraction of sp³-hybridized carbons (Fsp3) is 0.222. The fourth-order valence-electron chi connectivity index (χ4n) is 2.32. The van der Waals surface area contributed by atoms with Crippen LogP contribution in [-0.2, 0) is 11.2 Å². The van der Waals surface area contributed by atoms with Crippen molar-refractivity contribution in [3.63, 3.8) is 0 Å². The van der Waals surface area contributed by atoms with E-state index < -0.39 is 23.7 Å². The lowest BCUT2D eigenvalue weighted by Crippen LogP contribution is -2.44. The number of hydrogen-bond acceptors (Lipinski definition) is 2. The molecule has 0 fully saturated rings. The quantitative estimate of drug-likeness (QED) is 0.824. The topological polar surface area (TPSA) is 72.2 Å². The lowest BCUT2D eigenvalue weighted by molar-refractivity contribution is -0.120. The van der Waals surface area contributed by atoms with Crippen molar-refractivity contribution in [3.05, 3.63) is 71.5 Å². The minimum atomic E-state index is -0.814. The molecule has 2 amide bonds. The molecule has 0 unspecified atom stereocenters. The van der Waals surface area contributed by atoms with Crippen molar-refractivity contribution in [2.24, 2.45) is 5.73 Å². The van der Waals surface area contributed by atoms with E-state index in [0.717, 1.165) is 12.0 Å². The molecule has 0 radical (unpaired) electrons. The highest BCUT2D eigenvalue weighted by Gasteiger charge is 2.20. The Morgan fingerprint density at radius 2 is 1.70 bits per heavy atom. The second-order valence-corrected chi connectivity index (χ2v) is 5.29. The normalized spacial score (nSPS) is 11.7. The van der Waals surface area contributed by atoms with Gasteiger partial charge in [0.15, 0.2) is 0 Å². The molecule has 23 heavy (non-hydrogen) atoms. The first kappa shape index (κ1) is 16.7. The van der Waals surface area contributed by atoms with Gasteiger partial charge in [-0.15, -0.1) is 0 Å². The van der Waals surface area contributed by atoms with E-state index in [1.54, 1.807) is 6.07 Å². The van der Waals surface area contributed by atoms with Gasteiger partial charge in [0.25, 0.3) is 5.91 Å². The van der Waals surface area contributed by atoms with Gasteiger partial charge in [-0.05, 0) is 37.0 Å². The first-order valence-electron chi connectivity index (χ1n) is 7.46. The highest BCUT2D eigenvalue weighted by Crippen LogP contribution is 2.09. The summed E-state index contributed by atoms with van der Waals surface area (Å²) < 4.78 is 13.6. The Labute approximate surface area is 134 Å². The summed E-state index contributed by atoms with van der Waals surface area (Å²) in [5.74, 6) is -1.88. The average Bonchev–Trinajstić information content (AvgIpc) is 2.55. The predicted molar refractivity (Wildman–Crippen MR) is 86.2 cm³/mol. The number of carbonyl (C=O) groups is 2. The number of nitrogens with one attached hydrogen (secondary N) is 1. The van der Waals surface area contributed by atoms with Gasteiger partial charge in [-0.2, -0.15) is 0 Å². The highest BCUT2D eigenvalue weighted by molar-refractivity contribution is 5.97. The van der Waals surface area contributed by atoms with Crippen molar-refractivity contribution < 1.29 is 14.0 Å². The fourth-order valence-corrected chi connectivity index (χ4v) is 2.32. The van der Waals surface area contributed by atoms with Crippen LogP contribution in [-0.4, -0.2) is 17.9 Å². The molecule has 5 heteroatoms. The van der Waals surface area contributed by atoms with Crippen LogP contribution in [0.3, 0.4) is 0 Å². The minimum Gasteiger partial charge on any atom is -0.368 e. The summed E-state index contributed by atoms with van der Waals surface area (Å²) in [6.45, 7) is 0. The third-order valence-electron chi connectivity index (χ3n) is 3.57. The van der Waals surface area contributed by atoms with E-state index in [4.69, 9.17) is 5.73 Å². The third kappa shape index (κ3) is 4.92. The molecule has 4 nitrogen and oxygen atoms in total. The lowest BCUT2D eigenvalue weighted by atomic mass is 10.0. The van der Waals surface area contributed by atoms with Crippen molar-refractivity contribution in [1.82, 2.24) is 5.32 Å². The van der Waals surface area contributed by atoms with E-state index in [1.807, 2.05) is 30.3 Å². The number of rotatable bonds is 7. The summed E-state index contributed by atoms with van der Waals surface area (Å²) in [7, 11) is 0.